The molecule has 36 heavy (non-hydrogen) atoms. The molecule has 0 radical (unpaired) electrons. The van der Waals surface area contributed by atoms with E-state index in [1.807, 2.05) is 32.0 Å². The maximum atomic E-state index is 9.57. The van der Waals surface area contributed by atoms with Crippen molar-refractivity contribution in [2.24, 2.45) is 0 Å². The highest BCUT2D eigenvalue weighted by Crippen LogP contribution is 2.34. The molecule has 1 aromatic carbocycles. The molecule has 9 nitrogen and oxygen atoms in total. The molecule has 0 aliphatic carbocycles. The zero-order valence-corrected chi connectivity index (χ0v) is 20.9. The summed E-state index contributed by atoms with van der Waals surface area (Å²) in [5.74, 6) is 1.65. The van der Waals surface area contributed by atoms with Gasteiger partial charge in [-0.3, -0.25) is 4.90 Å². The number of ether oxygens (including phenoxy) is 2. The molecule has 3 saturated heterocycles. The summed E-state index contributed by atoms with van der Waals surface area (Å²) >= 11 is 0. The van der Waals surface area contributed by atoms with E-state index in [9.17, 15) is 5.11 Å². The van der Waals surface area contributed by atoms with Crippen LogP contribution in [0.15, 0.2) is 24.4 Å². The predicted octanol–water partition coefficient (Wildman–Crippen LogP) is 2.60. The highest BCUT2D eigenvalue weighted by Gasteiger charge is 2.29. The van der Waals surface area contributed by atoms with Crippen LogP contribution in [0.5, 0.6) is 0 Å². The molecule has 0 unspecified atom stereocenters. The average molecular weight is 497 g/mol. The van der Waals surface area contributed by atoms with Gasteiger partial charge < -0.3 is 19.5 Å². The SMILES string of the molecule is [2H]C1([2H])CC(c2cc3c(cnn3-c3cc(N4CCO[C@@H](CO)C4)nc(C)n3)cc2C)CC([2H])([2H])N1[C@H]1CCOC1. The third kappa shape index (κ3) is 4.61. The predicted molar refractivity (Wildman–Crippen MR) is 138 cm³/mol. The lowest BCUT2D eigenvalue weighted by molar-refractivity contribution is 0.00335. The summed E-state index contributed by atoms with van der Waals surface area (Å²) in [4.78, 5) is 12.8. The Morgan fingerprint density at radius 1 is 1.08 bits per heavy atom. The number of aryl methyl sites for hydroxylation is 2. The third-order valence-corrected chi connectivity index (χ3v) is 7.38. The summed E-state index contributed by atoms with van der Waals surface area (Å²) in [6, 6.07) is 5.69. The highest BCUT2D eigenvalue weighted by atomic mass is 16.5. The fourth-order valence-corrected chi connectivity index (χ4v) is 5.42. The minimum atomic E-state index is -1.81. The molecule has 3 aliphatic heterocycles. The summed E-state index contributed by atoms with van der Waals surface area (Å²) in [6.07, 6.45) is 2.56. The monoisotopic (exact) mass is 496 g/mol. The lowest BCUT2D eigenvalue weighted by atomic mass is 9.86. The summed E-state index contributed by atoms with van der Waals surface area (Å²) in [5.41, 5.74) is 2.74. The van der Waals surface area contributed by atoms with Crippen LogP contribution in [-0.4, -0.2) is 94.4 Å². The van der Waals surface area contributed by atoms with Crippen molar-refractivity contribution in [1.29, 1.82) is 0 Å². The van der Waals surface area contributed by atoms with Gasteiger partial charge in [0.1, 0.15) is 11.6 Å². The lowest BCUT2D eigenvalue weighted by Crippen LogP contribution is -2.44. The fourth-order valence-electron chi connectivity index (χ4n) is 5.42. The first-order chi connectivity index (χ1) is 19.1. The van der Waals surface area contributed by atoms with E-state index >= 15 is 0 Å². The highest BCUT2D eigenvalue weighted by molar-refractivity contribution is 5.82. The van der Waals surface area contributed by atoms with E-state index in [-0.39, 0.29) is 37.5 Å². The number of anilines is 1. The van der Waals surface area contributed by atoms with Gasteiger partial charge in [-0.1, -0.05) is 0 Å². The van der Waals surface area contributed by atoms with Gasteiger partial charge in [-0.05, 0) is 75.3 Å². The molecule has 5 heterocycles. The van der Waals surface area contributed by atoms with Gasteiger partial charge in [-0.15, -0.1) is 0 Å². The van der Waals surface area contributed by atoms with Gasteiger partial charge >= 0.3 is 0 Å². The van der Waals surface area contributed by atoms with E-state index in [1.165, 1.54) is 4.90 Å². The number of aliphatic hydroxyl groups excluding tert-OH is 1. The zero-order chi connectivity index (χ0) is 28.2. The molecule has 9 heteroatoms. The number of likely N-dealkylation sites (tertiary alicyclic amines) is 1. The van der Waals surface area contributed by atoms with E-state index < -0.39 is 13.0 Å². The van der Waals surface area contributed by atoms with Gasteiger partial charge in [0.15, 0.2) is 5.82 Å². The maximum absolute atomic E-state index is 9.57. The van der Waals surface area contributed by atoms with Crippen LogP contribution in [0.1, 0.15) is 47.6 Å². The first kappa shape index (κ1) is 19.5. The number of hydrogen-bond acceptors (Lipinski definition) is 8. The van der Waals surface area contributed by atoms with Crippen LogP contribution in [-0.2, 0) is 9.47 Å². The molecular formula is C27H36N6O3. The van der Waals surface area contributed by atoms with Crippen LogP contribution < -0.4 is 4.90 Å². The second-order valence-electron chi connectivity index (χ2n) is 9.89. The number of benzene rings is 1. The van der Waals surface area contributed by atoms with Gasteiger partial charge in [0.25, 0.3) is 0 Å². The zero-order valence-electron chi connectivity index (χ0n) is 24.9. The molecule has 0 saturated carbocycles. The minimum absolute atomic E-state index is 0.0530. The van der Waals surface area contributed by atoms with Gasteiger partial charge in [0.05, 0.1) is 37.6 Å². The number of aromatic nitrogens is 4. The Morgan fingerprint density at radius 2 is 1.92 bits per heavy atom. The van der Waals surface area contributed by atoms with Gasteiger partial charge in [-0.2, -0.15) is 5.10 Å². The molecule has 0 spiro atoms. The van der Waals surface area contributed by atoms with E-state index in [0.29, 0.717) is 51.0 Å². The summed E-state index contributed by atoms with van der Waals surface area (Å²) in [6.45, 7) is 2.76. The molecule has 6 rings (SSSR count). The molecule has 2 aromatic heterocycles. The Morgan fingerprint density at radius 3 is 2.69 bits per heavy atom. The lowest BCUT2D eigenvalue weighted by Gasteiger charge is -2.36. The van der Waals surface area contributed by atoms with Crippen LogP contribution in [0.2, 0.25) is 0 Å². The summed E-state index contributed by atoms with van der Waals surface area (Å²) < 4.78 is 48.3. The van der Waals surface area contributed by atoms with E-state index in [0.717, 1.165) is 27.8 Å². The van der Waals surface area contributed by atoms with Gasteiger partial charge in [0.2, 0.25) is 0 Å². The number of hydrogen-bond donors (Lipinski definition) is 1. The quantitative estimate of drug-likeness (QED) is 0.577. The third-order valence-electron chi connectivity index (χ3n) is 7.38. The van der Waals surface area contributed by atoms with Gasteiger partial charge in [-0.25, -0.2) is 14.6 Å². The van der Waals surface area contributed by atoms with E-state index in [1.54, 1.807) is 10.9 Å². The van der Waals surface area contributed by atoms with E-state index in [4.69, 9.17) is 15.0 Å². The standard InChI is InChI=1S/C27H36N6O3/c1-18-11-21-14-28-33(27-13-26(29-19(2)30-27)32-8-10-36-23(15-32)16-34)25(21)12-24(18)20-3-6-31(7-4-20)22-5-9-35-17-22/h11-14,20,22-23,34H,3-10,15-17H2,1-2H3/t22-,23+/m0/s1/i6D2,7D2. The average Bonchev–Trinajstić information content (AvgIpc) is 3.56. The molecular weight excluding hydrogens is 456 g/mol. The Bertz CT molecular complexity index is 1380. The molecule has 0 bridgehead atoms. The molecule has 2 atom stereocenters. The van der Waals surface area contributed by atoms with Crippen molar-refractivity contribution in [3.8, 4) is 5.82 Å². The molecule has 3 fully saturated rings. The van der Waals surface area contributed by atoms with Crippen LogP contribution in [0.3, 0.4) is 0 Å². The minimum Gasteiger partial charge on any atom is -0.394 e. The Labute approximate surface area is 217 Å². The Kier molecular flexibility index (Phi) is 5.45. The number of piperidine rings is 1. The normalized spacial score (nSPS) is 28.6. The number of nitrogens with zero attached hydrogens (tertiary/aromatic N) is 6. The van der Waals surface area contributed by atoms with Crippen molar-refractivity contribution in [2.75, 3.05) is 57.4 Å². The van der Waals surface area contributed by atoms with Crippen LogP contribution in [0.4, 0.5) is 5.82 Å². The fraction of sp³-hybridized carbons (Fsp3) is 0.593. The van der Waals surface area contributed by atoms with Crippen LogP contribution in [0, 0.1) is 13.8 Å². The van der Waals surface area contributed by atoms with Crippen molar-refractivity contribution in [1.82, 2.24) is 24.6 Å². The molecule has 3 aliphatic rings. The molecule has 0 amide bonds. The summed E-state index contributed by atoms with van der Waals surface area (Å²) in [5, 5.41) is 15.1. The largest absolute Gasteiger partial charge is 0.394 e. The first-order valence-corrected chi connectivity index (χ1v) is 12.7. The number of fused-ring (bicyclic) bond motifs is 1. The van der Waals surface area contributed by atoms with E-state index in [2.05, 4.69) is 20.0 Å². The maximum Gasteiger partial charge on any atom is 0.159 e. The Balaban J connectivity index is 1.35. The number of morpholine rings is 1. The van der Waals surface area contributed by atoms with Crippen molar-refractivity contribution in [3.05, 3.63) is 41.3 Å². The first-order valence-electron chi connectivity index (χ1n) is 14.7. The second kappa shape index (κ2) is 10.0. The smallest absolute Gasteiger partial charge is 0.159 e. The second-order valence-corrected chi connectivity index (χ2v) is 9.89. The van der Waals surface area contributed by atoms with Crippen molar-refractivity contribution in [3.63, 3.8) is 0 Å². The molecule has 3 aromatic rings. The van der Waals surface area contributed by atoms with Crippen LogP contribution in [0.25, 0.3) is 16.7 Å². The number of rotatable bonds is 5. The molecule has 1 N–H and O–H groups in total. The van der Waals surface area contributed by atoms with Crippen molar-refractivity contribution in [2.45, 2.75) is 51.2 Å². The number of aliphatic hydroxyl groups is 1. The Hall–Kier alpha value is -2.59. The topological polar surface area (TPSA) is 88.8 Å². The van der Waals surface area contributed by atoms with Crippen LogP contribution >= 0.6 is 0 Å². The summed E-state index contributed by atoms with van der Waals surface area (Å²) in [7, 11) is 0. The van der Waals surface area contributed by atoms with Crippen molar-refractivity contribution < 1.29 is 20.1 Å². The van der Waals surface area contributed by atoms with Gasteiger partial charge in [0, 0.05) is 42.7 Å². The van der Waals surface area contributed by atoms with Crippen molar-refractivity contribution >= 4 is 16.7 Å². The molecule has 192 valence electrons.